The molecule has 0 aromatic carbocycles. The molecule has 2 N–H and O–H groups in total. The van der Waals surface area contributed by atoms with Gasteiger partial charge in [-0.2, -0.15) is 0 Å². The van der Waals surface area contributed by atoms with Crippen molar-refractivity contribution in [3.8, 4) is 0 Å². The Balaban J connectivity index is 1.83. The standard InChI is InChI=1S/C14H14O7/c15-9-4-21-14(20)8(9)2-5-1-6-3-7(5)11(13(18)19)10(6)12(16)17/h1,6-8,10-11H,2-4H2,(H,16,17)(H,18,19). The number of rotatable bonds is 4. The molecule has 21 heavy (non-hydrogen) atoms. The van der Waals surface area contributed by atoms with Crippen LogP contribution in [0.4, 0.5) is 0 Å². The fourth-order valence-electron chi connectivity index (χ4n) is 3.84. The Kier molecular flexibility index (Phi) is 3.07. The van der Waals surface area contributed by atoms with Gasteiger partial charge in [-0.1, -0.05) is 11.6 Å². The summed E-state index contributed by atoms with van der Waals surface area (Å²) in [6.45, 7) is -0.231. The number of allylic oxidation sites excluding steroid dienone is 2. The monoisotopic (exact) mass is 294 g/mol. The van der Waals surface area contributed by atoms with E-state index in [1.165, 1.54) is 0 Å². The molecule has 2 bridgehead atoms. The average molecular weight is 294 g/mol. The average Bonchev–Trinajstić information content (AvgIpc) is 3.06. The van der Waals surface area contributed by atoms with Crippen molar-refractivity contribution in [2.75, 3.05) is 6.61 Å². The number of aliphatic carboxylic acids is 2. The quantitative estimate of drug-likeness (QED) is 0.428. The van der Waals surface area contributed by atoms with Gasteiger partial charge in [0.1, 0.15) is 5.92 Å². The second kappa shape index (κ2) is 4.68. The zero-order valence-electron chi connectivity index (χ0n) is 11.0. The zero-order valence-corrected chi connectivity index (χ0v) is 11.0. The molecule has 0 aromatic rings. The molecule has 1 heterocycles. The van der Waals surface area contributed by atoms with Crippen molar-refractivity contribution in [1.29, 1.82) is 0 Å². The Morgan fingerprint density at radius 3 is 2.38 bits per heavy atom. The Morgan fingerprint density at radius 1 is 1.19 bits per heavy atom. The molecule has 1 saturated heterocycles. The number of fused-ring (bicyclic) bond motifs is 2. The van der Waals surface area contributed by atoms with E-state index in [9.17, 15) is 29.4 Å². The van der Waals surface area contributed by atoms with Crippen molar-refractivity contribution in [1.82, 2.24) is 0 Å². The number of hydrogen-bond donors (Lipinski definition) is 2. The fourth-order valence-corrected chi connectivity index (χ4v) is 3.84. The van der Waals surface area contributed by atoms with Crippen molar-refractivity contribution in [3.05, 3.63) is 11.6 Å². The van der Waals surface area contributed by atoms with Crippen LogP contribution in [0.1, 0.15) is 12.8 Å². The van der Waals surface area contributed by atoms with E-state index in [1.54, 1.807) is 6.08 Å². The van der Waals surface area contributed by atoms with Crippen molar-refractivity contribution in [2.24, 2.45) is 29.6 Å². The fraction of sp³-hybridized carbons (Fsp3) is 0.571. The van der Waals surface area contributed by atoms with Gasteiger partial charge in [0.15, 0.2) is 12.4 Å². The van der Waals surface area contributed by atoms with Gasteiger partial charge in [-0.25, -0.2) is 0 Å². The van der Waals surface area contributed by atoms with Gasteiger partial charge in [-0.05, 0) is 24.7 Å². The summed E-state index contributed by atoms with van der Waals surface area (Å²) in [6, 6.07) is 0. The molecule has 3 aliphatic rings. The van der Waals surface area contributed by atoms with E-state index in [0.717, 1.165) is 0 Å². The van der Waals surface area contributed by atoms with Crippen LogP contribution in [-0.4, -0.2) is 40.5 Å². The summed E-state index contributed by atoms with van der Waals surface area (Å²) in [7, 11) is 0. The van der Waals surface area contributed by atoms with Gasteiger partial charge in [-0.15, -0.1) is 0 Å². The highest BCUT2D eigenvalue weighted by Gasteiger charge is 2.55. The molecule has 5 unspecified atom stereocenters. The first-order chi connectivity index (χ1) is 9.90. The van der Waals surface area contributed by atoms with Crippen LogP contribution in [0.3, 0.4) is 0 Å². The molecular weight excluding hydrogens is 280 g/mol. The van der Waals surface area contributed by atoms with E-state index in [-0.39, 0.29) is 24.7 Å². The summed E-state index contributed by atoms with van der Waals surface area (Å²) < 4.78 is 4.68. The maximum atomic E-state index is 11.6. The molecule has 2 fully saturated rings. The van der Waals surface area contributed by atoms with E-state index < -0.39 is 41.6 Å². The summed E-state index contributed by atoms with van der Waals surface area (Å²) in [5.41, 5.74) is 0.710. The molecule has 0 radical (unpaired) electrons. The number of esters is 1. The number of carbonyl (C=O) groups is 4. The van der Waals surface area contributed by atoms with Crippen LogP contribution in [-0.2, 0) is 23.9 Å². The van der Waals surface area contributed by atoms with Gasteiger partial charge in [0.25, 0.3) is 0 Å². The summed E-state index contributed by atoms with van der Waals surface area (Å²) in [4.78, 5) is 45.7. The lowest BCUT2D eigenvalue weighted by molar-refractivity contribution is -0.154. The Hall–Kier alpha value is -2.18. The Bertz CT molecular complexity index is 560. The lowest BCUT2D eigenvalue weighted by Gasteiger charge is -2.25. The number of carboxylic acids is 2. The van der Waals surface area contributed by atoms with Gasteiger partial charge in [0.05, 0.1) is 11.8 Å². The maximum absolute atomic E-state index is 11.6. The Morgan fingerprint density at radius 2 is 1.86 bits per heavy atom. The third-order valence-electron chi connectivity index (χ3n) is 4.75. The van der Waals surface area contributed by atoms with Crippen LogP contribution < -0.4 is 0 Å². The molecular formula is C14H14O7. The van der Waals surface area contributed by atoms with Crippen LogP contribution in [0.2, 0.25) is 0 Å². The van der Waals surface area contributed by atoms with Crippen molar-refractivity contribution in [2.45, 2.75) is 12.8 Å². The van der Waals surface area contributed by atoms with Crippen molar-refractivity contribution in [3.63, 3.8) is 0 Å². The van der Waals surface area contributed by atoms with Gasteiger partial charge < -0.3 is 14.9 Å². The lowest BCUT2D eigenvalue weighted by Crippen LogP contribution is -2.35. The third-order valence-corrected chi connectivity index (χ3v) is 4.75. The molecule has 5 atom stereocenters. The second-order valence-electron chi connectivity index (χ2n) is 5.81. The number of cyclic esters (lactones) is 1. The first kappa shape index (κ1) is 13.8. The minimum absolute atomic E-state index is 0.148. The predicted octanol–water partition coefficient (Wildman–Crippen LogP) is 0.0963. The van der Waals surface area contributed by atoms with Gasteiger partial charge in [-0.3, -0.25) is 19.2 Å². The van der Waals surface area contributed by atoms with Crippen LogP contribution in [0.5, 0.6) is 0 Å². The summed E-state index contributed by atoms with van der Waals surface area (Å²) in [5, 5.41) is 18.5. The molecule has 2 aliphatic carbocycles. The first-order valence-corrected chi connectivity index (χ1v) is 6.75. The molecule has 0 amide bonds. The number of hydrogen-bond acceptors (Lipinski definition) is 5. The number of carbonyl (C=O) groups excluding carboxylic acids is 2. The summed E-state index contributed by atoms with van der Waals surface area (Å²) >= 11 is 0. The van der Waals surface area contributed by atoms with Crippen LogP contribution >= 0.6 is 0 Å². The highest BCUT2D eigenvalue weighted by molar-refractivity contribution is 6.04. The molecule has 1 aliphatic heterocycles. The maximum Gasteiger partial charge on any atom is 0.317 e. The number of carboxylic acid groups (broad SMARTS) is 2. The van der Waals surface area contributed by atoms with Gasteiger partial charge in [0.2, 0.25) is 0 Å². The topological polar surface area (TPSA) is 118 Å². The molecule has 3 rings (SSSR count). The van der Waals surface area contributed by atoms with Crippen LogP contribution in [0.25, 0.3) is 0 Å². The molecule has 0 spiro atoms. The zero-order chi connectivity index (χ0) is 15.3. The molecule has 0 aromatic heterocycles. The lowest BCUT2D eigenvalue weighted by atomic mass is 9.77. The van der Waals surface area contributed by atoms with Crippen molar-refractivity contribution >= 4 is 23.7 Å². The third kappa shape index (κ3) is 2.03. The molecule has 112 valence electrons. The highest BCUT2D eigenvalue weighted by Crippen LogP contribution is 2.53. The smallest absolute Gasteiger partial charge is 0.317 e. The van der Waals surface area contributed by atoms with Gasteiger partial charge >= 0.3 is 17.9 Å². The Labute approximate surface area is 119 Å². The largest absolute Gasteiger partial charge is 0.481 e. The number of Topliss-reactive ketones (excluding diaryl/α,β-unsaturated/α-hetero) is 1. The summed E-state index contributed by atoms with van der Waals surface area (Å²) in [6.07, 6.45) is 2.34. The van der Waals surface area contributed by atoms with E-state index in [0.29, 0.717) is 12.0 Å². The molecule has 7 nitrogen and oxygen atoms in total. The van der Waals surface area contributed by atoms with Crippen LogP contribution in [0.15, 0.2) is 11.6 Å². The summed E-state index contributed by atoms with van der Waals surface area (Å²) in [5.74, 6) is -6.65. The number of ketones is 1. The SMILES string of the molecule is O=C1COC(=O)C1CC1=CC2CC1C(C(=O)O)C2C(=O)O. The van der Waals surface area contributed by atoms with E-state index in [1.807, 2.05) is 0 Å². The van der Waals surface area contributed by atoms with E-state index >= 15 is 0 Å². The molecule has 1 saturated carbocycles. The van der Waals surface area contributed by atoms with Gasteiger partial charge in [0, 0.05) is 0 Å². The second-order valence-corrected chi connectivity index (χ2v) is 5.81. The van der Waals surface area contributed by atoms with E-state index in [4.69, 9.17) is 0 Å². The minimum atomic E-state index is -1.14. The van der Waals surface area contributed by atoms with Crippen LogP contribution in [0, 0.1) is 29.6 Å². The number of ether oxygens (including phenoxy) is 1. The molecule has 7 heteroatoms. The minimum Gasteiger partial charge on any atom is -0.481 e. The first-order valence-electron chi connectivity index (χ1n) is 6.75. The normalized spacial score (nSPS) is 37.5. The van der Waals surface area contributed by atoms with Crippen molar-refractivity contribution < 1.29 is 34.1 Å². The van der Waals surface area contributed by atoms with E-state index in [2.05, 4.69) is 4.74 Å². The highest BCUT2D eigenvalue weighted by atomic mass is 16.5. The predicted molar refractivity (Wildman–Crippen MR) is 66.0 cm³/mol.